The van der Waals surface area contributed by atoms with Crippen LogP contribution in [0, 0.1) is 5.41 Å². The smallest absolute Gasteiger partial charge is 0.384 e. The molecule has 1 aliphatic heterocycles. The molecule has 20 heavy (non-hydrogen) atoms. The molecule has 1 atom stereocenters. The molecular weight excluding hydrogens is 269 g/mol. The van der Waals surface area contributed by atoms with Crippen molar-refractivity contribution in [3.05, 3.63) is 23.4 Å². The summed E-state index contributed by atoms with van der Waals surface area (Å²) in [5.74, 6) is -0.0986. The third kappa shape index (κ3) is 2.86. The lowest BCUT2D eigenvalue weighted by molar-refractivity contribution is -0.141. The summed E-state index contributed by atoms with van der Waals surface area (Å²) in [5.41, 5.74) is 4.77. The van der Waals surface area contributed by atoms with Crippen molar-refractivity contribution in [2.24, 2.45) is 5.73 Å². The summed E-state index contributed by atoms with van der Waals surface area (Å²) < 4.78 is 38.4. The van der Waals surface area contributed by atoms with E-state index in [9.17, 15) is 13.2 Å². The van der Waals surface area contributed by atoms with Crippen LogP contribution >= 0.6 is 0 Å². The van der Waals surface area contributed by atoms with E-state index in [4.69, 9.17) is 11.1 Å². The molecule has 0 amide bonds. The van der Waals surface area contributed by atoms with Crippen molar-refractivity contribution in [3.8, 4) is 0 Å². The summed E-state index contributed by atoms with van der Waals surface area (Å²) in [6, 6.07) is 2.20. The Balaban J connectivity index is 2.49. The van der Waals surface area contributed by atoms with Gasteiger partial charge in [0.1, 0.15) is 17.3 Å². The molecule has 1 aromatic heterocycles. The van der Waals surface area contributed by atoms with Gasteiger partial charge < -0.3 is 10.6 Å². The molecule has 1 saturated heterocycles. The fraction of sp³-hybridized carbons (Fsp3) is 0.538. The number of nitrogen functional groups attached to an aromatic ring is 1. The van der Waals surface area contributed by atoms with Crippen molar-refractivity contribution in [1.29, 1.82) is 5.41 Å². The molecule has 1 unspecified atom stereocenters. The number of nitrogens with one attached hydrogen (secondary N) is 1. The molecule has 7 heteroatoms. The topological polar surface area (TPSA) is 66.0 Å². The lowest BCUT2D eigenvalue weighted by Crippen LogP contribution is -2.39. The molecule has 1 aliphatic rings. The lowest BCUT2D eigenvalue weighted by atomic mass is 10.0. The Morgan fingerprint density at radius 1 is 1.40 bits per heavy atom. The van der Waals surface area contributed by atoms with E-state index in [0.29, 0.717) is 6.54 Å². The summed E-state index contributed by atoms with van der Waals surface area (Å²) in [6.45, 7) is 2.58. The van der Waals surface area contributed by atoms with Crippen LogP contribution in [0.15, 0.2) is 12.1 Å². The van der Waals surface area contributed by atoms with Crippen LogP contribution in [-0.2, 0) is 6.18 Å². The molecule has 0 radical (unpaired) electrons. The quantitative estimate of drug-likeness (QED) is 0.649. The third-order valence-corrected chi connectivity index (χ3v) is 3.53. The maximum atomic E-state index is 12.8. The largest absolute Gasteiger partial charge is 0.433 e. The van der Waals surface area contributed by atoms with Gasteiger partial charge in [0.05, 0.1) is 5.56 Å². The average Bonchev–Trinajstić information content (AvgIpc) is 2.37. The summed E-state index contributed by atoms with van der Waals surface area (Å²) >= 11 is 0. The van der Waals surface area contributed by atoms with Gasteiger partial charge in [-0.3, -0.25) is 5.41 Å². The second-order valence-electron chi connectivity index (χ2n) is 5.02. The van der Waals surface area contributed by atoms with Gasteiger partial charge in [-0.1, -0.05) is 0 Å². The fourth-order valence-corrected chi connectivity index (χ4v) is 2.45. The van der Waals surface area contributed by atoms with Gasteiger partial charge in [0.15, 0.2) is 0 Å². The number of piperidine rings is 1. The molecule has 110 valence electrons. The Labute approximate surface area is 115 Å². The maximum Gasteiger partial charge on any atom is 0.433 e. The van der Waals surface area contributed by atoms with Crippen LogP contribution in [0.5, 0.6) is 0 Å². The monoisotopic (exact) mass is 286 g/mol. The van der Waals surface area contributed by atoms with Gasteiger partial charge in [-0.15, -0.1) is 0 Å². The number of nitrogens with two attached hydrogens (primary N) is 1. The number of hydrogen-bond donors (Lipinski definition) is 2. The van der Waals surface area contributed by atoms with Crippen molar-refractivity contribution < 1.29 is 13.2 Å². The minimum atomic E-state index is -4.50. The lowest BCUT2D eigenvalue weighted by Gasteiger charge is -2.35. The fourth-order valence-electron chi connectivity index (χ4n) is 2.45. The first-order valence-electron chi connectivity index (χ1n) is 6.50. The predicted octanol–water partition coefficient (Wildman–Crippen LogP) is 2.76. The van der Waals surface area contributed by atoms with Crippen LogP contribution in [-0.4, -0.2) is 23.4 Å². The van der Waals surface area contributed by atoms with Gasteiger partial charge in [0, 0.05) is 12.6 Å². The molecule has 0 aromatic carbocycles. The van der Waals surface area contributed by atoms with E-state index >= 15 is 0 Å². The average molecular weight is 286 g/mol. The van der Waals surface area contributed by atoms with Crippen LogP contribution in [0.4, 0.5) is 19.0 Å². The number of nitrogens with zero attached hydrogens (tertiary/aromatic N) is 2. The van der Waals surface area contributed by atoms with Crippen LogP contribution in [0.1, 0.15) is 37.4 Å². The second kappa shape index (κ2) is 5.30. The van der Waals surface area contributed by atoms with E-state index in [1.807, 2.05) is 11.8 Å². The number of pyridine rings is 1. The van der Waals surface area contributed by atoms with E-state index in [-0.39, 0.29) is 23.3 Å². The molecule has 2 rings (SSSR count). The van der Waals surface area contributed by atoms with Gasteiger partial charge in [0.2, 0.25) is 0 Å². The number of hydrogen-bond acceptors (Lipinski definition) is 3. The zero-order valence-electron chi connectivity index (χ0n) is 11.2. The highest BCUT2D eigenvalue weighted by Crippen LogP contribution is 2.32. The van der Waals surface area contributed by atoms with Crippen molar-refractivity contribution in [2.45, 2.75) is 38.4 Å². The van der Waals surface area contributed by atoms with Gasteiger partial charge in [-0.25, -0.2) is 4.98 Å². The first-order valence-corrected chi connectivity index (χ1v) is 6.50. The first kappa shape index (κ1) is 14.6. The molecule has 0 saturated carbocycles. The Morgan fingerprint density at radius 2 is 2.10 bits per heavy atom. The molecule has 0 spiro atoms. The Morgan fingerprint density at radius 3 is 2.65 bits per heavy atom. The molecule has 3 N–H and O–H groups in total. The number of rotatable bonds is 2. The van der Waals surface area contributed by atoms with Gasteiger partial charge in [-0.05, 0) is 38.3 Å². The highest BCUT2D eigenvalue weighted by molar-refractivity contribution is 5.99. The number of anilines is 1. The molecule has 0 bridgehead atoms. The van der Waals surface area contributed by atoms with Gasteiger partial charge >= 0.3 is 6.18 Å². The number of alkyl halides is 3. The first-order chi connectivity index (χ1) is 9.30. The summed E-state index contributed by atoms with van der Waals surface area (Å²) in [5, 5.41) is 7.52. The van der Waals surface area contributed by atoms with Gasteiger partial charge in [-0.2, -0.15) is 13.2 Å². The van der Waals surface area contributed by atoms with Crippen molar-refractivity contribution in [3.63, 3.8) is 0 Å². The normalized spacial score (nSPS) is 20.0. The Kier molecular flexibility index (Phi) is 3.87. The highest BCUT2D eigenvalue weighted by Gasteiger charge is 2.34. The molecule has 4 nitrogen and oxygen atoms in total. The van der Waals surface area contributed by atoms with E-state index in [1.54, 1.807) is 0 Å². The zero-order valence-corrected chi connectivity index (χ0v) is 11.2. The summed E-state index contributed by atoms with van der Waals surface area (Å²) in [7, 11) is 0. The van der Waals surface area contributed by atoms with Crippen molar-refractivity contribution in [2.75, 3.05) is 11.4 Å². The minimum Gasteiger partial charge on any atom is -0.384 e. The summed E-state index contributed by atoms with van der Waals surface area (Å²) in [4.78, 5) is 5.53. The van der Waals surface area contributed by atoms with E-state index < -0.39 is 11.9 Å². The van der Waals surface area contributed by atoms with Crippen LogP contribution in [0.25, 0.3) is 0 Å². The minimum absolute atomic E-state index is 0.0952. The van der Waals surface area contributed by atoms with Crippen molar-refractivity contribution >= 4 is 11.7 Å². The summed E-state index contributed by atoms with van der Waals surface area (Å²) in [6.07, 6.45) is -1.65. The highest BCUT2D eigenvalue weighted by atomic mass is 19.4. The van der Waals surface area contributed by atoms with E-state index in [1.165, 1.54) is 6.07 Å². The second-order valence-corrected chi connectivity index (χ2v) is 5.02. The van der Waals surface area contributed by atoms with Crippen LogP contribution in [0.3, 0.4) is 0 Å². The predicted molar refractivity (Wildman–Crippen MR) is 70.9 cm³/mol. The maximum absolute atomic E-state index is 12.8. The third-order valence-electron chi connectivity index (χ3n) is 3.53. The van der Waals surface area contributed by atoms with E-state index in [2.05, 4.69) is 4.98 Å². The number of aromatic nitrogens is 1. The SMILES string of the molecule is CC1CCCCN1c1nc(C(F)(F)F)ccc1C(=N)N. The molecular formula is C13H17F3N4. The van der Waals surface area contributed by atoms with Gasteiger partial charge in [0.25, 0.3) is 0 Å². The van der Waals surface area contributed by atoms with Crippen LogP contribution in [0.2, 0.25) is 0 Å². The molecule has 0 aliphatic carbocycles. The Bertz CT molecular complexity index is 513. The molecule has 1 fully saturated rings. The Hall–Kier alpha value is -1.79. The van der Waals surface area contributed by atoms with Crippen LogP contribution < -0.4 is 10.6 Å². The van der Waals surface area contributed by atoms with E-state index in [0.717, 1.165) is 25.3 Å². The number of amidine groups is 1. The zero-order chi connectivity index (χ0) is 14.9. The molecule has 1 aromatic rings. The number of halogens is 3. The van der Waals surface area contributed by atoms with Crippen molar-refractivity contribution in [1.82, 2.24) is 4.98 Å². The standard InChI is InChI=1S/C13H17F3N4/c1-8-4-2-3-7-20(8)12-9(11(17)18)5-6-10(19-12)13(14,15)16/h5-6,8H,2-4,7H2,1H3,(H3,17,18). The molecule has 2 heterocycles.